The largest absolute Gasteiger partial charge is 0.692 e. The third-order valence-electron chi connectivity index (χ3n) is 2.48. The van der Waals surface area contributed by atoms with E-state index in [2.05, 4.69) is 44.1 Å². The van der Waals surface area contributed by atoms with E-state index in [-0.39, 0.29) is 0 Å². The maximum atomic E-state index is 8.70. The molecule has 7 heteroatoms. The molecule has 19 heavy (non-hydrogen) atoms. The molecule has 0 atom stereocenters. The van der Waals surface area contributed by atoms with Gasteiger partial charge in [0, 0.05) is 4.57 Å². The summed E-state index contributed by atoms with van der Waals surface area (Å²) in [4.78, 5) is 14.2. The summed E-state index contributed by atoms with van der Waals surface area (Å²) in [6.45, 7) is 6.94. The number of thiol groups is 2. The van der Waals surface area contributed by atoms with Crippen LogP contribution in [0.25, 0.3) is 0 Å². The molecule has 2 N–H and O–H groups in total. The molecule has 0 aliphatic rings. The molecule has 0 aromatic rings. The van der Waals surface area contributed by atoms with Crippen LogP contribution >= 0.6 is 39.5 Å². The monoisotopic (exact) mass is 349 g/mol. The van der Waals surface area contributed by atoms with Gasteiger partial charge >= 0.3 is 8.25 Å². The molecule has 0 radical (unpaired) electrons. The Morgan fingerprint density at radius 1 is 0.842 bits per heavy atom. The molecule has 0 saturated heterocycles. The van der Waals surface area contributed by atoms with E-state index >= 15 is 0 Å². The smallest absolute Gasteiger partial charge is 0.134 e. The van der Waals surface area contributed by atoms with Crippen molar-refractivity contribution in [1.29, 1.82) is 0 Å². The average Bonchev–Trinajstić information content (AvgIpc) is 2.39. The van der Waals surface area contributed by atoms with Gasteiger partial charge in [-0.25, -0.2) is 0 Å². The van der Waals surface area contributed by atoms with Crippen LogP contribution in [0, 0.1) is 0 Å². The molecular weight excluding hydrogens is 318 g/mol. The molecule has 0 spiro atoms. The van der Waals surface area contributed by atoms with Crippen LogP contribution in [-0.2, 0) is 4.57 Å². The second-order valence-electron chi connectivity index (χ2n) is 4.16. The molecule has 0 aliphatic heterocycles. The fraction of sp³-hybridized carbons (Fsp3) is 1.00. The quantitative estimate of drug-likeness (QED) is 0.261. The van der Waals surface area contributed by atoms with Crippen LogP contribution in [0.3, 0.4) is 0 Å². The molecule has 0 aliphatic carbocycles. The second-order valence-corrected chi connectivity index (χ2v) is 7.34. The van der Waals surface area contributed by atoms with Crippen molar-refractivity contribution >= 4 is 39.5 Å². The Kier molecular flexibility index (Phi) is 32.0. The molecule has 0 heterocycles. The van der Waals surface area contributed by atoms with Gasteiger partial charge in [0.1, 0.15) is 0 Å². The molecule has 0 unspecified atom stereocenters. The van der Waals surface area contributed by atoms with Crippen molar-refractivity contribution in [3.8, 4) is 0 Å². The lowest BCUT2D eigenvalue weighted by Crippen LogP contribution is -1.95. The molecule has 0 rings (SSSR count). The number of hydrogen-bond donors (Lipinski definition) is 4. The molecule has 3 nitrogen and oxygen atoms in total. The molecule has 0 saturated carbocycles. The topological polar surface area (TPSA) is 57.5 Å². The van der Waals surface area contributed by atoms with Crippen molar-refractivity contribution in [2.45, 2.75) is 59.3 Å². The van der Waals surface area contributed by atoms with Crippen LogP contribution in [-0.4, -0.2) is 28.3 Å². The number of unbranched alkanes of at least 4 members (excludes halogenated alkanes) is 3. The third-order valence-corrected chi connectivity index (χ3v) is 5.33. The lowest BCUT2D eigenvalue weighted by Gasteiger charge is -2.16. The zero-order valence-electron chi connectivity index (χ0n) is 12.5. The van der Waals surface area contributed by atoms with Crippen molar-refractivity contribution in [2.24, 2.45) is 0 Å². The fourth-order valence-electron chi connectivity index (χ4n) is 1.48. The summed E-state index contributed by atoms with van der Waals surface area (Å²) >= 11 is 6.44. The molecule has 0 fully saturated rings. The summed E-state index contributed by atoms with van der Waals surface area (Å²) < 4.78 is 8.70. The van der Waals surface area contributed by atoms with Gasteiger partial charge in [-0.05, 0) is 37.7 Å². The van der Waals surface area contributed by atoms with Gasteiger partial charge in [-0.2, -0.15) is 0 Å². The summed E-state index contributed by atoms with van der Waals surface area (Å²) in [6, 6.07) is 0. The summed E-state index contributed by atoms with van der Waals surface area (Å²) in [5.41, 5.74) is 0. The van der Waals surface area contributed by atoms with E-state index in [0.29, 0.717) is 7.92 Å². The fourth-order valence-corrected chi connectivity index (χ4v) is 4.44. The first-order chi connectivity index (χ1) is 9.08. The SMILES string of the molecule is CCCCP(CCCC)CCCC.O=[P+](O)O.SS. The zero-order chi connectivity index (χ0) is 15.5. The highest BCUT2D eigenvalue weighted by atomic mass is 33.1. The van der Waals surface area contributed by atoms with Crippen molar-refractivity contribution < 1.29 is 14.4 Å². The third kappa shape index (κ3) is 32.6. The van der Waals surface area contributed by atoms with Gasteiger partial charge in [0.05, 0.1) is 0 Å². The average molecular weight is 349 g/mol. The Labute approximate surface area is 131 Å². The molecule has 0 amide bonds. The van der Waals surface area contributed by atoms with E-state index in [4.69, 9.17) is 14.4 Å². The van der Waals surface area contributed by atoms with Gasteiger partial charge in [-0.3, -0.25) is 0 Å². The minimum Gasteiger partial charge on any atom is -0.134 e. The Bertz CT molecular complexity index is 152. The Balaban J connectivity index is -0.000000361. The van der Waals surface area contributed by atoms with Gasteiger partial charge < -0.3 is 0 Å². The molecule has 0 bridgehead atoms. The van der Waals surface area contributed by atoms with Gasteiger partial charge in [0.25, 0.3) is 0 Å². The second kappa shape index (κ2) is 24.2. The van der Waals surface area contributed by atoms with E-state index in [0.717, 1.165) is 0 Å². The van der Waals surface area contributed by atoms with Crippen molar-refractivity contribution in [3.63, 3.8) is 0 Å². The predicted octanol–water partition coefficient (Wildman–Crippen LogP) is 5.26. The van der Waals surface area contributed by atoms with Crippen LogP contribution < -0.4 is 0 Å². The first kappa shape index (κ1) is 25.1. The lowest BCUT2D eigenvalue weighted by atomic mass is 10.4. The first-order valence-electron chi connectivity index (χ1n) is 6.85. The Morgan fingerprint density at radius 2 is 1.05 bits per heavy atom. The highest BCUT2D eigenvalue weighted by Crippen LogP contribution is 2.38. The van der Waals surface area contributed by atoms with Crippen molar-refractivity contribution in [2.75, 3.05) is 18.5 Å². The van der Waals surface area contributed by atoms with E-state index < -0.39 is 8.25 Å². The highest BCUT2D eigenvalue weighted by molar-refractivity contribution is 8.59. The summed E-state index contributed by atoms with van der Waals surface area (Å²) in [7, 11) is -2.45. The minimum absolute atomic E-state index is 0.422. The number of rotatable bonds is 9. The Morgan fingerprint density at radius 3 is 1.21 bits per heavy atom. The van der Waals surface area contributed by atoms with Gasteiger partial charge in [0.2, 0.25) is 0 Å². The van der Waals surface area contributed by atoms with Crippen LogP contribution in [0.5, 0.6) is 0 Å². The van der Waals surface area contributed by atoms with E-state index in [1.54, 1.807) is 18.5 Å². The van der Waals surface area contributed by atoms with Crippen LogP contribution in [0.4, 0.5) is 0 Å². The maximum Gasteiger partial charge on any atom is 0.692 e. The van der Waals surface area contributed by atoms with Crippen LogP contribution in [0.15, 0.2) is 0 Å². The lowest BCUT2D eigenvalue weighted by molar-refractivity contribution is 0.405. The summed E-state index contributed by atoms with van der Waals surface area (Å²) in [6.07, 6.45) is 13.2. The van der Waals surface area contributed by atoms with Gasteiger partial charge in [-0.1, -0.05) is 40.0 Å². The van der Waals surface area contributed by atoms with Crippen LogP contribution in [0.2, 0.25) is 0 Å². The normalized spacial score (nSPS) is 9.26. The maximum absolute atomic E-state index is 8.70. The highest BCUT2D eigenvalue weighted by Gasteiger charge is 2.05. The first-order valence-corrected chi connectivity index (χ1v) is 11.5. The van der Waals surface area contributed by atoms with Gasteiger partial charge in [0.15, 0.2) is 0 Å². The standard InChI is InChI=1S/C12H27P.HO3P.H2S2/c1-4-7-10-13(11-8-5-2)12-9-6-3;1-4(2)3;1-2/h4-12H2,1-3H3;(H-,1,2,3);1-2H/p+1. The van der Waals surface area contributed by atoms with E-state index in [1.165, 1.54) is 38.5 Å². The molecule has 118 valence electrons. The van der Waals surface area contributed by atoms with E-state index in [9.17, 15) is 0 Å². The van der Waals surface area contributed by atoms with Gasteiger partial charge in [-0.15, -0.1) is 41.0 Å². The Hall–Kier alpha value is 1.15. The summed E-state index contributed by atoms with van der Waals surface area (Å²) in [5.74, 6) is 0. The zero-order valence-corrected chi connectivity index (χ0v) is 16.0. The van der Waals surface area contributed by atoms with Crippen molar-refractivity contribution in [1.82, 2.24) is 0 Å². The molecule has 0 aromatic carbocycles. The summed E-state index contributed by atoms with van der Waals surface area (Å²) in [5, 5.41) is 0. The number of hydrogen-bond acceptors (Lipinski definition) is 3. The molecular formula is C12H31O3P2S2+. The van der Waals surface area contributed by atoms with Crippen LogP contribution in [0.1, 0.15) is 59.3 Å². The van der Waals surface area contributed by atoms with Crippen molar-refractivity contribution in [3.05, 3.63) is 0 Å². The predicted molar refractivity (Wildman–Crippen MR) is 96.3 cm³/mol. The minimum atomic E-state index is -2.87. The van der Waals surface area contributed by atoms with E-state index in [1.807, 2.05) is 0 Å². The molecule has 0 aromatic heterocycles.